The highest BCUT2D eigenvalue weighted by atomic mass is 32.1. The Bertz CT molecular complexity index is 1280. The average Bonchev–Trinajstić information content (AvgIpc) is 3.49. The second-order valence-electron chi connectivity index (χ2n) is 7.14. The lowest BCUT2D eigenvalue weighted by Gasteiger charge is -2.20. The predicted octanol–water partition coefficient (Wildman–Crippen LogP) is 3.35. The summed E-state index contributed by atoms with van der Waals surface area (Å²) in [5, 5.41) is 5.25. The van der Waals surface area contributed by atoms with Gasteiger partial charge >= 0.3 is 0 Å². The van der Waals surface area contributed by atoms with Crippen LogP contribution in [0.1, 0.15) is 11.8 Å². The van der Waals surface area contributed by atoms with Crippen LogP contribution in [-0.4, -0.2) is 39.4 Å². The number of benzene rings is 1. The SMILES string of the molecule is CCN(CC(=O)NCc1cccs1)C(=O)Cn1cnc2sc(-c3ccccc3)cc2c1=O. The molecule has 1 aromatic carbocycles. The molecule has 0 atom stereocenters. The Morgan fingerprint density at radius 1 is 1.16 bits per heavy atom. The van der Waals surface area contributed by atoms with Gasteiger partial charge in [0.2, 0.25) is 11.8 Å². The highest BCUT2D eigenvalue weighted by Gasteiger charge is 2.18. The van der Waals surface area contributed by atoms with Crippen LogP contribution in [0.2, 0.25) is 0 Å². The van der Waals surface area contributed by atoms with Crippen molar-refractivity contribution in [2.75, 3.05) is 13.1 Å². The summed E-state index contributed by atoms with van der Waals surface area (Å²) in [6.07, 6.45) is 1.40. The Hall–Kier alpha value is -3.30. The quantitative estimate of drug-likeness (QED) is 0.432. The van der Waals surface area contributed by atoms with Gasteiger partial charge in [0.05, 0.1) is 24.8 Å². The van der Waals surface area contributed by atoms with Crippen molar-refractivity contribution in [3.8, 4) is 10.4 Å². The number of rotatable bonds is 8. The van der Waals surface area contributed by atoms with Crippen LogP contribution in [0.15, 0.2) is 65.0 Å². The summed E-state index contributed by atoms with van der Waals surface area (Å²) in [6.45, 7) is 2.39. The summed E-state index contributed by atoms with van der Waals surface area (Å²) in [7, 11) is 0. The first-order valence-corrected chi connectivity index (χ1v) is 11.9. The lowest BCUT2D eigenvalue weighted by molar-refractivity contribution is -0.136. The van der Waals surface area contributed by atoms with Gasteiger partial charge in [-0.3, -0.25) is 19.0 Å². The number of carbonyl (C=O) groups is 2. The van der Waals surface area contributed by atoms with Gasteiger partial charge in [0, 0.05) is 16.3 Å². The molecular weight excluding hydrogens is 444 g/mol. The van der Waals surface area contributed by atoms with Gasteiger partial charge in [0.15, 0.2) is 0 Å². The van der Waals surface area contributed by atoms with Gasteiger partial charge in [0.1, 0.15) is 11.4 Å². The first-order chi connectivity index (χ1) is 15.5. The third-order valence-electron chi connectivity index (χ3n) is 4.99. The normalized spacial score (nSPS) is 10.9. The Morgan fingerprint density at radius 3 is 2.69 bits per heavy atom. The molecule has 3 aromatic heterocycles. The molecule has 0 unspecified atom stereocenters. The Labute approximate surface area is 193 Å². The molecule has 0 fully saturated rings. The number of nitrogens with one attached hydrogen (secondary N) is 1. The molecule has 4 aromatic rings. The number of hydrogen-bond acceptors (Lipinski definition) is 6. The van der Waals surface area contributed by atoms with Gasteiger partial charge in [-0.05, 0) is 30.0 Å². The Morgan fingerprint density at radius 2 is 1.97 bits per heavy atom. The highest BCUT2D eigenvalue weighted by Crippen LogP contribution is 2.30. The van der Waals surface area contributed by atoms with E-state index in [0.29, 0.717) is 23.3 Å². The van der Waals surface area contributed by atoms with Crippen LogP contribution >= 0.6 is 22.7 Å². The van der Waals surface area contributed by atoms with Crippen LogP contribution in [-0.2, 0) is 22.7 Å². The molecule has 0 aliphatic heterocycles. The fourth-order valence-electron chi connectivity index (χ4n) is 3.27. The minimum absolute atomic E-state index is 0.0538. The third kappa shape index (κ3) is 4.95. The number of thiophene rings is 2. The largest absolute Gasteiger partial charge is 0.350 e. The second kappa shape index (κ2) is 9.88. The monoisotopic (exact) mass is 466 g/mol. The van der Waals surface area contributed by atoms with Gasteiger partial charge < -0.3 is 10.2 Å². The molecule has 9 heteroatoms. The maximum Gasteiger partial charge on any atom is 0.262 e. The number of amides is 2. The van der Waals surface area contributed by atoms with E-state index in [-0.39, 0.29) is 30.5 Å². The summed E-state index contributed by atoms with van der Waals surface area (Å²) in [5.41, 5.74) is 0.753. The molecule has 3 heterocycles. The van der Waals surface area contributed by atoms with Crippen molar-refractivity contribution in [3.05, 3.63) is 75.5 Å². The van der Waals surface area contributed by atoms with Crippen molar-refractivity contribution in [1.29, 1.82) is 0 Å². The summed E-state index contributed by atoms with van der Waals surface area (Å²) in [6, 6.07) is 15.5. The van der Waals surface area contributed by atoms with E-state index in [1.165, 1.54) is 27.1 Å². The zero-order valence-electron chi connectivity index (χ0n) is 17.5. The van der Waals surface area contributed by atoms with Crippen molar-refractivity contribution >= 4 is 44.7 Å². The van der Waals surface area contributed by atoms with Gasteiger partial charge in [-0.15, -0.1) is 22.7 Å². The van der Waals surface area contributed by atoms with E-state index in [0.717, 1.165) is 15.3 Å². The van der Waals surface area contributed by atoms with Gasteiger partial charge in [-0.2, -0.15) is 0 Å². The van der Waals surface area contributed by atoms with E-state index < -0.39 is 0 Å². The summed E-state index contributed by atoms with van der Waals surface area (Å²) < 4.78 is 1.30. The molecule has 0 saturated carbocycles. The lowest BCUT2D eigenvalue weighted by Crippen LogP contribution is -2.42. The minimum Gasteiger partial charge on any atom is -0.350 e. The molecular formula is C23H22N4O3S2. The number of likely N-dealkylation sites (N-methyl/N-ethyl adjacent to an activating group) is 1. The standard InChI is InChI=1S/C23H22N4O3S2/c1-2-26(13-20(28)24-12-17-9-6-10-31-17)21(29)14-27-15-25-22-18(23(27)30)11-19(32-22)16-7-4-3-5-8-16/h3-11,15H,2,12-14H2,1H3,(H,24,28). The first kappa shape index (κ1) is 21.9. The lowest BCUT2D eigenvalue weighted by atomic mass is 10.2. The molecule has 2 amide bonds. The van der Waals surface area contributed by atoms with Crippen LogP contribution in [0, 0.1) is 0 Å². The van der Waals surface area contributed by atoms with E-state index in [1.54, 1.807) is 18.3 Å². The maximum absolute atomic E-state index is 13.0. The van der Waals surface area contributed by atoms with Crippen molar-refractivity contribution in [3.63, 3.8) is 0 Å². The Balaban J connectivity index is 1.45. The number of hydrogen-bond donors (Lipinski definition) is 1. The van der Waals surface area contributed by atoms with E-state index in [1.807, 2.05) is 53.9 Å². The van der Waals surface area contributed by atoms with Crippen LogP contribution in [0.3, 0.4) is 0 Å². The number of fused-ring (bicyclic) bond motifs is 1. The summed E-state index contributed by atoms with van der Waals surface area (Å²) in [4.78, 5) is 46.5. The molecule has 1 N–H and O–H groups in total. The third-order valence-corrected chi connectivity index (χ3v) is 6.96. The van der Waals surface area contributed by atoms with E-state index in [9.17, 15) is 14.4 Å². The van der Waals surface area contributed by atoms with Crippen LogP contribution in [0.5, 0.6) is 0 Å². The van der Waals surface area contributed by atoms with Crippen LogP contribution in [0.25, 0.3) is 20.7 Å². The maximum atomic E-state index is 13.0. The fraction of sp³-hybridized carbons (Fsp3) is 0.217. The van der Waals surface area contributed by atoms with Crippen molar-refractivity contribution in [1.82, 2.24) is 19.8 Å². The zero-order valence-corrected chi connectivity index (χ0v) is 19.1. The van der Waals surface area contributed by atoms with Crippen molar-refractivity contribution < 1.29 is 9.59 Å². The van der Waals surface area contributed by atoms with E-state index in [2.05, 4.69) is 10.3 Å². The van der Waals surface area contributed by atoms with Gasteiger partial charge in [-0.1, -0.05) is 36.4 Å². The number of carbonyl (C=O) groups excluding carboxylic acids is 2. The smallest absolute Gasteiger partial charge is 0.262 e. The molecule has 0 aliphatic carbocycles. The molecule has 4 rings (SSSR count). The van der Waals surface area contributed by atoms with Crippen molar-refractivity contribution in [2.45, 2.75) is 20.0 Å². The van der Waals surface area contributed by atoms with E-state index >= 15 is 0 Å². The van der Waals surface area contributed by atoms with Crippen molar-refractivity contribution in [2.24, 2.45) is 0 Å². The molecule has 0 aliphatic rings. The summed E-state index contributed by atoms with van der Waals surface area (Å²) >= 11 is 3.00. The summed E-state index contributed by atoms with van der Waals surface area (Å²) in [5.74, 6) is -0.541. The fourth-order valence-corrected chi connectivity index (χ4v) is 4.91. The number of nitrogens with zero attached hydrogens (tertiary/aromatic N) is 3. The molecule has 32 heavy (non-hydrogen) atoms. The molecule has 0 bridgehead atoms. The van der Waals surface area contributed by atoms with Gasteiger partial charge in [-0.25, -0.2) is 4.98 Å². The van der Waals surface area contributed by atoms with Crippen LogP contribution < -0.4 is 10.9 Å². The minimum atomic E-state index is -0.305. The average molecular weight is 467 g/mol. The zero-order chi connectivity index (χ0) is 22.5. The molecule has 0 saturated heterocycles. The van der Waals surface area contributed by atoms with Crippen LogP contribution in [0.4, 0.5) is 0 Å². The second-order valence-corrected chi connectivity index (χ2v) is 9.20. The highest BCUT2D eigenvalue weighted by molar-refractivity contribution is 7.21. The van der Waals surface area contributed by atoms with Gasteiger partial charge in [0.25, 0.3) is 5.56 Å². The first-order valence-electron chi connectivity index (χ1n) is 10.2. The molecule has 7 nitrogen and oxygen atoms in total. The molecule has 164 valence electrons. The predicted molar refractivity (Wildman–Crippen MR) is 128 cm³/mol. The Kier molecular flexibility index (Phi) is 6.77. The number of aromatic nitrogens is 2. The topological polar surface area (TPSA) is 84.3 Å². The van der Waals surface area contributed by atoms with E-state index in [4.69, 9.17) is 0 Å². The molecule has 0 radical (unpaired) electrons. The molecule has 0 spiro atoms.